The van der Waals surface area contributed by atoms with Crippen LogP contribution in [-0.4, -0.2) is 7.11 Å². The third-order valence-electron chi connectivity index (χ3n) is 1.58. The summed E-state index contributed by atoms with van der Waals surface area (Å²) in [5.41, 5.74) is 1.29. The van der Waals surface area contributed by atoms with Gasteiger partial charge in [0.1, 0.15) is 5.76 Å². The van der Waals surface area contributed by atoms with Crippen LogP contribution in [0.5, 0.6) is 0 Å². The first kappa shape index (κ1) is 8.41. The summed E-state index contributed by atoms with van der Waals surface area (Å²) in [4.78, 5) is 0. The van der Waals surface area contributed by atoms with Gasteiger partial charge < -0.3 is 4.74 Å². The van der Waals surface area contributed by atoms with Crippen molar-refractivity contribution in [2.75, 3.05) is 7.11 Å². The standard InChI is InChI=1S/C9H11ClO/c1-7-3-5-8(10)9(11-2)6-4-7/h4-6H,3H2,1-2H3. The molecule has 0 radical (unpaired) electrons. The number of hydrogen-bond donors (Lipinski definition) is 0. The molecule has 0 N–H and O–H groups in total. The first-order valence-corrected chi connectivity index (χ1v) is 3.89. The number of methoxy groups -OCH3 is 1. The highest BCUT2D eigenvalue weighted by Crippen LogP contribution is 2.21. The summed E-state index contributed by atoms with van der Waals surface area (Å²) >= 11 is 5.89. The normalized spacial score (nSPS) is 17.9. The number of rotatable bonds is 1. The highest BCUT2D eigenvalue weighted by Gasteiger charge is 2.03. The van der Waals surface area contributed by atoms with Crippen LogP contribution in [0, 0.1) is 0 Å². The largest absolute Gasteiger partial charge is 0.495 e. The lowest BCUT2D eigenvalue weighted by Crippen LogP contribution is -1.84. The van der Waals surface area contributed by atoms with Crippen molar-refractivity contribution in [2.24, 2.45) is 0 Å². The number of ether oxygens (including phenoxy) is 1. The van der Waals surface area contributed by atoms with E-state index in [1.54, 1.807) is 7.11 Å². The van der Waals surface area contributed by atoms with Crippen LogP contribution >= 0.6 is 11.6 Å². The lowest BCUT2D eigenvalue weighted by Gasteiger charge is -2.00. The average Bonchev–Trinajstić information content (AvgIpc) is 2.15. The van der Waals surface area contributed by atoms with Gasteiger partial charge in [-0.3, -0.25) is 0 Å². The second kappa shape index (κ2) is 3.63. The van der Waals surface area contributed by atoms with E-state index in [9.17, 15) is 0 Å². The van der Waals surface area contributed by atoms with E-state index in [2.05, 4.69) is 6.92 Å². The fourth-order valence-corrected chi connectivity index (χ4v) is 1.10. The molecule has 0 saturated carbocycles. The van der Waals surface area contributed by atoms with Gasteiger partial charge in [0.05, 0.1) is 12.1 Å². The third kappa shape index (κ3) is 2.12. The van der Waals surface area contributed by atoms with Crippen LogP contribution in [0.1, 0.15) is 13.3 Å². The van der Waals surface area contributed by atoms with E-state index in [1.807, 2.05) is 18.2 Å². The molecule has 0 aliphatic heterocycles. The van der Waals surface area contributed by atoms with Crippen LogP contribution in [0.4, 0.5) is 0 Å². The smallest absolute Gasteiger partial charge is 0.137 e. The van der Waals surface area contributed by atoms with Gasteiger partial charge in [-0.1, -0.05) is 29.3 Å². The summed E-state index contributed by atoms with van der Waals surface area (Å²) in [5.74, 6) is 0.739. The molecule has 0 unspecified atom stereocenters. The molecule has 0 fully saturated rings. The summed E-state index contributed by atoms with van der Waals surface area (Å²) in [6.45, 7) is 2.07. The predicted octanol–water partition coefficient (Wildman–Crippen LogP) is 2.99. The van der Waals surface area contributed by atoms with Crippen LogP contribution in [-0.2, 0) is 4.74 Å². The topological polar surface area (TPSA) is 9.23 Å². The lowest BCUT2D eigenvalue weighted by molar-refractivity contribution is 0.305. The molecule has 0 spiro atoms. The predicted molar refractivity (Wildman–Crippen MR) is 47.4 cm³/mol. The quantitative estimate of drug-likeness (QED) is 0.588. The van der Waals surface area contributed by atoms with E-state index >= 15 is 0 Å². The van der Waals surface area contributed by atoms with E-state index in [0.717, 1.165) is 12.2 Å². The Bertz CT molecular complexity index is 236. The van der Waals surface area contributed by atoms with Crippen LogP contribution < -0.4 is 0 Å². The molecule has 11 heavy (non-hydrogen) atoms. The van der Waals surface area contributed by atoms with Gasteiger partial charge in [-0.05, 0) is 19.4 Å². The summed E-state index contributed by atoms with van der Waals surface area (Å²) in [6.07, 6.45) is 6.77. The van der Waals surface area contributed by atoms with Gasteiger partial charge in [-0.25, -0.2) is 0 Å². The van der Waals surface area contributed by atoms with Crippen molar-refractivity contribution in [3.8, 4) is 0 Å². The van der Waals surface area contributed by atoms with Crippen molar-refractivity contribution >= 4 is 11.6 Å². The highest BCUT2D eigenvalue weighted by molar-refractivity contribution is 6.31. The second-order valence-electron chi connectivity index (χ2n) is 2.50. The molecule has 0 saturated heterocycles. The number of halogens is 1. The van der Waals surface area contributed by atoms with Gasteiger partial charge in [0.25, 0.3) is 0 Å². The SMILES string of the molecule is COC1=CC=C(C)CC=C1Cl. The first-order chi connectivity index (χ1) is 5.24. The van der Waals surface area contributed by atoms with E-state index in [4.69, 9.17) is 16.3 Å². The Morgan fingerprint density at radius 3 is 2.82 bits per heavy atom. The van der Waals surface area contributed by atoms with Crippen LogP contribution in [0.15, 0.2) is 34.6 Å². The third-order valence-corrected chi connectivity index (χ3v) is 1.92. The van der Waals surface area contributed by atoms with Crippen LogP contribution in [0.3, 0.4) is 0 Å². The minimum absolute atomic E-state index is 0.695. The van der Waals surface area contributed by atoms with Crippen LogP contribution in [0.2, 0.25) is 0 Å². The first-order valence-electron chi connectivity index (χ1n) is 3.51. The van der Waals surface area contributed by atoms with Crippen molar-refractivity contribution in [1.29, 1.82) is 0 Å². The van der Waals surface area contributed by atoms with Crippen molar-refractivity contribution < 1.29 is 4.74 Å². The molecule has 0 aromatic heterocycles. The second-order valence-corrected chi connectivity index (χ2v) is 2.91. The maximum atomic E-state index is 5.89. The van der Waals surface area contributed by atoms with Crippen molar-refractivity contribution in [3.05, 3.63) is 34.6 Å². The Labute approximate surface area is 72.0 Å². The van der Waals surface area contributed by atoms with Crippen LogP contribution in [0.25, 0.3) is 0 Å². The fourth-order valence-electron chi connectivity index (χ4n) is 0.882. The zero-order valence-electron chi connectivity index (χ0n) is 6.73. The number of hydrogen-bond acceptors (Lipinski definition) is 1. The molecule has 0 bridgehead atoms. The molecule has 1 rings (SSSR count). The Morgan fingerprint density at radius 2 is 2.18 bits per heavy atom. The van der Waals surface area contributed by atoms with E-state index in [0.29, 0.717) is 5.03 Å². The van der Waals surface area contributed by atoms with Gasteiger partial charge in [-0.2, -0.15) is 0 Å². The van der Waals surface area contributed by atoms with E-state index < -0.39 is 0 Å². The minimum atomic E-state index is 0.695. The zero-order valence-corrected chi connectivity index (χ0v) is 7.48. The summed E-state index contributed by atoms with van der Waals surface area (Å²) in [7, 11) is 1.62. The molecular formula is C9H11ClO. The molecule has 1 aliphatic carbocycles. The summed E-state index contributed by atoms with van der Waals surface area (Å²) in [6, 6.07) is 0. The lowest BCUT2D eigenvalue weighted by atomic mass is 10.2. The molecule has 1 aliphatic rings. The molecule has 0 amide bonds. The molecular weight excluding hydrogens is 160 g/mol. The Morgan fingerprint density at radius 1 is 1.45 bits per heavy atom. The van der Waals surface area contributed by atoms with Crippen molar-refractivity contribution in [1.82, 2.24) is 0 Å². The molecule has 0 aromatic rings. The minimum Gasteiger partial charge on any atom is -0.495 e. The molecule has 0 heterocycles. The van der Waals surface area contributed by atoms with E-state index in [1.165, 1.54) is 5.57 Å². The molecule has 60 valence electrons. The average molecular weight is 171 g/mol. The maximum absolute atomic E-state index is 5.89. The molecule has 0 aromatic carbocycles. The summed E-state index contributed by atoms with van der Waals surface area (Å²) < 4.78 is 5.05. The van der Waals surface area contributed by atoms with Crippen molar-refractivity contribution in [2.45, 2.75) is 13.3 Å². The van der Waals surface area contributed by atoms with Gasteiger partial charge in [-0.15, -0.1) is 0 Å². The Hall–Kier alpha value is -0.690. The van der Waals surface area contributed by atoms with Gasteiger partial charge in [0.2, 0.25) is 0 Å². The zero-order chi connectivity index (χ0) is 8.27. The van der Waals surface area contributed by atoms with Gasteiger partial charge >= 0.3 is 0 Å². The number of allylic oxidation sites excluding steroid dienone is 5. The molecule has 0 atom stereocenters. The van der Waals surface area contributed by atoms with Gasteiger partial charge in [0.15, 0.2) is 0 Å². The molecule has 2 heteroatoms. The monoisotopic (exact) mass is 170 g/mol. The Kier molecular flexibility index (Phi) is 2.77. The van der Waals surface area contributed by atoms with Crippen molar-refractivity contribution in [3.63, 3.8) is 0 Å². The highest BCUT2D eigenvalue weighted by atomic mass is 35.5. The summed E-state index contributed by atoms with van der Waals surface area (Å²) in [5, 5.41) is 0.695. The fraction of sp³-hybridized carbons (Fsp3) is 0.333. The van der Waals surface area contributed by atoms with E-state index in [-0.39, 0.29) is 0 Å². The Balaban J connectivity index is 2.89. The maximum Gasteiger partial charge on any atom is 0.137 e. The molecule has 1 nitrogen and oxygen atoms in total. The van der Waals surface area contributed by atoms with Gasteiger partial charge in [0, 0.05) is 0 Å².